The molecule has 0 aliphatic rings. The van der Waals surface area contributed by atoms with E-state index in [1.807, 2.05) is 43.3 Å². The lowest BCUT2D eigenvalue weighted by atomic mass is 10.1. The van der Waals surface area contributed by atoms with Crippen LogP contribution in [0.1, 0.15) is 26.3 Å². The van der Waals surface area contributed by atoms with Gasteiger partial charge in [-0.1, -0.05) is 43.6 Å². The minimum atomic E-state index is -0.242. The van der Waals surface area contributed by atoms with Crippen molar-refractivity contribution in [2.24, 2.45) is 5.92 Å². The van der Waals surface area contributed by atoms with Gasteiger partial charge in [-0.15, -0.1) is 0 Å². The predicted octanol–water partition coefficient (Wildman–Crippen LogP) is 3.48. The van der Waals surface area contributed by atoms with Crippen LogP contribution in [-0.2, 0) is 11.3 Å². The molecule has 0 atom stereocenters. The van der Waals surface area contributed by atoms with Gasteiger partial charge in [-0.05, 0) is 25.1 Å². The van der Waals surface area contributed by atoms with Gasteiger partial charge in [0.1, 0.15) is 6.54 Å². The topological polar surface area (TPSA) is 64.2 Å². The Hall–Kier alpha value is -2.24. The molecule has 3 N–H and O–H groups in total. The number of hydrogen-bond acceptors (Lipinski definition) is 3. The number of para-hydroxylation sites is 1. The molecular formula is C21H28ClN2O3+. The van der Waals surface area contributed by atoms with Crippen LogP contribution < -0.4 is 20.1 Å². The lowest BCUT2D eigenvalue weighted by Gasteiger charge is -2.15. The highest BCUT2D eigenvalue weighted by Gasteiger charge is 2.14. The molecule has 0 aliphatic carbocycles. The molecule has 0 saturated heterocycles. The van der Waals surface area contributed by atoms with E-state index in [-0.39, 0.29) is 12.5 Å². The highest BCUT2D eigenvalue weighted by molar-refractivity contribution is 6.31. The number of nitrogens with two attached hydrogens (primary N) is 1. The third-order valence-corrected chi connectivity index (χ3v) is 4.18. The Morgan fingerprint density at radius 3 is 2.52 bits per heavy atom. The van der Waals surface area contributed by atoms with Crippen molar-refractivity contribution in [1.29, 1.82) is 0 Å². The van der Waals surface area contributed by atoms with Crippen LogP contribution in [0.25, 0.3) is 0 Å². The number of carbonyl (C=O) groups is 1. The van der Waals surface area contributed by atoms with Crippen molar-refractivity contribution in [3.8, 4) is 11.5 Å². The first-order chi connectivity index (χ1) is 13.0. The minimum Gasteiger partial charge on any atom is -0.490 e. The number of nitrogens with one attached hydrogen (secondary N) is 1. The molecule has 0 aromatic heterocycles. The van der Waals surface area contributed by atoms with Crippen molar-refractivity contribution in [3.63, 3.8) is 0 Å². The molecule has 0 heterocycles. The summed E-state index contributed by atoms with van der Waals surface area (Å²) in [6.07, 6.45) is 0. The summed E-state index contributed by atoms with van der Waals surface area (Å²) in [4.78, 5) is 12.1. The molecule has 0 unspecified atom stereocenters. The third kappa shape index (κ3) is 7.12. The molecule has 146 valence electrons. The summed E-state index contributed by atoms with van der Waals surface area (Å²) in [7, 11) is 0. The lowest BCUT2D eigenvalue weighted by Crippen LogP contribution is -2.83. The number of rotatable bonds is 10. The quantitative estimate of drug-likeness (QED) is 0.651. The van der Waals surface area contributed by atoms with E-state index in [2.05, 4.69) is 24.5 Å². The molecule has 2 aromatic carbocycles. The molecule has 2 aromatic rings. The van der Waals surface area contributed by atoms with Crippen LogP contribution in [0.4, 0.5) is 5.69 Å². The molecule has 0 saturated carbocycles. The van der Waals surface area contributed by atoms with Gasteiger partial charge in [0.05, 0.1) is 18.2 Å². The second kappa shape index (κ2) is 10.8. The monoisotopic (exact) mass is 391 g/mol. The predicted molar refractivity (Wildman–Crippen MR) is 109 cm³/mol. The van der Waals surface area contributed by atoms with Crippen molar-refractivity contribution in [2.75, 3.05) is 25.1 Å². The number of carbonyl (C=O) groups excluding carboxylic acids is 1. The fourth-order valence-corrected chi connectivity index (χ4v) is 2.78. The summed E-state index contributed by atoms with van der Waals surface area (Å²) < 4.78 is 11.4. The fraction of sp³-hybridized carbons (Fsp3) is 0.381. The van der Waals surface area contributed by atoms with Crippen LogP contribution in [0.15, 0.2) is 42.5 Å². The smallest absolute Gasteiger partial charge is 0.262 e. The van der Waals surface area contributed by atoms with E-state index < -0.39 is 0 Å². The molecule has 6 heteroatoms. The van der Waals surface area contributed by atoms with E-state index in [1.54, 1.807) is 6.07 Å². The largest absolute Gasteiger partial charge is 0.490 e. The van der Waals surface area contributed by atoms with Gasteiger partial charge in [0.15, 0.2) is 18.1 Å². The lowest BCUT2D eigenvalue weighted by molar-refractivity contribution is -0.675. The van der Waals surface area contributed by atoms with Gasteiger partial charge >= 0.3 is 0 Å². The van der Waals surface area contributed by atoms with E-state index in [1.165, 1.54) is 0 Å². The van der Waals surface area contributed by atoms with Gasteiger partial charge in [0.25, 0.3) is 5.91 Å². The Kier molecular flexibility index (Phi) is 8.43. The van der Waals surface area contributed by atoms with E-state index in [4.69, 9.17) is 21.1 Å². The zero-order valence-corrected chi connectivity index (χ0v) is 16.9. The standard InChI is InChI=1S/C21H27ClN2O3/c1-4-26-19-10-16(13-23-12-15(2)3)18(22)11-20(19)27-14-21(25)24-17-8-6-5-7-9-17/h5-11,15,23H,4,12-14H2,1-3H3,(H,24,25)/p+1. The van der Waals surface area contributed by atoms with Gasteiger partial charge in [0, 0.05) is 23.2 Å². The minimum absolute atomic E-state index is 0.121. The first kappa shape index (κ1) is 21.1. The molecular weight excluding hydrogens is 364 g/mol. The van der Waals surface area contributed by atoms with Crippen molar-refractivity contribution in [1.82, 2.24) is 0 Å². The SMILES string of the molecule is CCOc1cc(C[NH2+]CC(C)C)c(Cl)cc1OCC(=O)Nc1ccccc1. The highest BCUT2D eigenvalue weighted by atomic mass is 35.5. The summed E-state index contributed by atoms with van der Waals surface area (Å²) in [6.45, 7) is 8.45. The fourth-order valence-electron chi connectivity index (χ4n) is 2.55. The molecule has 27 heavy (non-hydrogen) atoms. The second-order valence-electron chi connectivity index (χ2n) is 6.65. The summed E-state index contributed by atoms with van der Waals surface area (Å²) in [5.41, 5.74) is 1.71. The zero-order valence-electron chi connectivity index (χ0n) is 16.1. The number of anilines is 1. The first-order valence-corrected chi connectivity index (χ1v) is 9.62. The normalized spacial score (nSPS) is 10.7. The average molecular weight is 392 g/mol. The Labute approximate surface area is 166 Å². The van der Waals surface area contributed by atoms with Gasteiger partial charge in [-0.3, -0.25) is 4.79 Å². The van der Waals surface area contributed by atoms with Crippen LogP contribution in [0.2, 0.25) is 5.02 Å². The van der Waals surface area contributed by atoms with Gasteiger partial charge in [0.2, 0.25) is 0 Å². The number of halogens is 1. The maximum atomic E-state index is 12.1. The third-order valence-electron chi connectivity index (χ3n) is 3.83. The van der Waals surface area contributed by atoms with E-state index in [0.717, 1.165) is 24.3 Å². The molecule has 1 amide bonds. The van der Waals surface area contributed by atoms with Gasteiger partial charge in [-0.25, -0.2) is 0 Å². The van der Waals surface area contributed by atoms with Crippen molar-refractivity contribution < 1.29 is 19.6 Å². The zero-order chi connectivity index (χ0) is 19.6. The summed E-state index contributed by atoms with van der Waals surface area (Å²) >= 11 is 6.41. The van der Waals surface area contributed by atoms with Crippen molar-refractivity contribution in [2.45, 2.75) is 27.3 Å². The van der Waals surface area contributed by atoms with Crippen LogP contribution in [0.3, 0.4) is 0 Å². The Morgan fingerprint density at radius 2 is 1.85 bits per heavy atom. The van der Waals surface area contributed by atoms with Crippen LogP contribution in [0, 0.1) is 5.92 Å². The van der Waals surface area contributed by atoms with Gasteiger partial charge in [-0.2, -0.15) is 0 Å². The number of ether oxygens (including phenoxy) is 2. The van der Waals surface area contributed by atoms with Crippen molar-refractivity contribution in [3.05, 3.63) is 53.1 Å². The van der Waals surface area contributed by atoms with E-state index in [0.29, 0.717) is 29.0 Å². The molecule has 0 fully saturated rings. The molecule has 0 radical (unpaired) electrons. The molecule has 2 rings (SSSR count). The Bertz CT molecular complexity index is 736. The molecule has 0 aliphatic heterocycles. The van der Waals surface area contributed by atoms with Crippen LogP contribution in [-0.4, -0.2) is 25.7 Å². The van der Waals surface area contributed by atoms with Gasteiger partial charge < -0.3 is 20.1 Å². The summed E-state index contributed by atoms with van der Waals surface area (Å²) in [5, 5.41) is 5.61. The highest BCUT2D eigenvalue weighted by Crippen LogP contribution is 2.33. The van der Waals surface area contributed by atoms with Crippen LogP contribution >= 0.6 is 11.6 Å². The number of hydrogen-bond donors (Lipinski definition) is 2. The average Bonchev–Trinajstić information content (AvgIpc) is 2.63. The second-order valence-corrected chi connectivity index (χ2v) is 7.06. The number of amides is 1. The molecule has 5 nitrogen and oxygen atoms in total. The maximum Gasteiger partial charge on any atom is 0.262 e. The van der Waals surface area contributed by atoms with E-state index >= 15 is 0 Å². The summed E-state index contributed by atoms with van der Waals surface area (Å²) in [6, 6.07) is 12.9. The Morgan fingerprint density at radius 1 is 1.15 bits per heavy atom. The first-order valence-electron chi connectivity index (χ1n) is 9.24. The van der Waals surface area contributed by atoms with E-state index in [9.17, 15) is 4.79 Å². The van der Waals surface area contributed by atoms with Crippen molar-refractivity contribution >= 4 is 23.2 Å². The number of benzene rings is 2. The van der Waals surface area contributed by atoms with Crippen LogP contribution in [0.5, 0.6) is 11.5 Å². The Balaban J connectivity index is 2.01. The maximum absolute atomic E-state index is 12.1. The molecule has 0 spiro atoms. The number of quaternary nitrogens is 1. The molecule has 0 bridgehead atoms. The summed E-state index contributed by atoms with van der Waals surface area (Å²) in [5.74, 6) is 1.44.